The lowest BCUT2D eigenvalue weighted by Gasteiger charge is -2.21. The number of rotatable bonds is 8. The number of thiocarbonyl (C=S) groups is 1. The third-order valence-corrected chi connectivity index (χ3v) is 6.71. The Hall–Kier alpha value is -3.77. The number of nitrogens with one attached hydrogen (secondary N) is 1. The van der Waals surface area contributed by atoms with E-state index in [0.717, 1.165) is 17.3 Å². The number of H-pyrrole nitrogens is 1. The summed E-state index contributed by atoms with van der Waals surface area (Å²) in [6.07, 6.45) is 2.82. The summed E-state index contributed by atoms with van der Waals surface area (Å²) in [5.74, 6) is -0.926. The van der Waals surface area contributed by atoms with Crippen molar-refractivity contribution in [3.63, 3.8) is 0 Å². The highest BCUT2D eigenvalue weighted by Gasteiger charge is 2.34. The van der Waals surface area contributed by atoms with Crippen molar-refractivity contribution in [2.24, 2.45) is 0 Å². The van der Waals surface area contributed by atoms with Gasteiger partial charge in [-0.05, 0) is 42.8 Å². The van der Waals surface area contributed by atoms with Crippen molar-refractivity contribution < 1.29 is 23.5 Å². The largest absolute Gasteiger partial charge is 0.493 e. The summed E-state index contributed by atoms with van der Waals surface area (Å²) < 4.78 is 25.9. The van der Waals surface area contributed by atoms with Crippen molar-refractivity contribution in [3.8, 4) is 11.5 Å². The topological polar surface area (TPSA) is 101 Å². The number of halogens is 1. The highest BCUT2D eigenvalue weighted by atomic mass is 32.2. The Morgan fingerprint density at radius 1 is 1.31 bits per heavy atom. The van der Waals surface area contributed by atoms with E-state index >= 15 is 0 Å². The number of hydrogen-bond donors (Lipinski definition) is 1. The Kier molecular flexibility index (Phi) is 7.65. The molecule has 3 aromatic rings. The molecule has 1 fully saturated rings. The molecule has 2 heterocycles. The highest BCUT2D eigenvalue weighted by Crippen LogP contribution is 2.36. The van der Waals surface area contributed by atoms with Crippen molar-refractivity contribution >= 4 is 51.9 Å². The number of nitrogens with zero attached hydrogens (tertiary/aromatic N) is 4. The number of amides is 2. The molecule has 2 amide bonds. The van der Waals surface area contributed by atoms with E-state index in [1.165, 1.54) is 35.4 Å². The van der Waals surface area contributed by atoms with E-state index in [1.807, 2.05) is 31.2 Å². The zero-order chi connectivity index (χ0) is 25.8. The zero-order valence-corrected chi connectivity index (χ0v) is 21.3. The first-order valence-corrected chi connectivity index (χ1v) is 11.9. The van der Waals surface area contributed by atoms with E-state index in [-0.39, 0.29) is 39.8 Å². The molecule has 0 spiro atoms. The molecule has 0 radical (unpaired) electrons. The standard InChI is InChI=1S/C24H22FN5O4S2/c1-14-4-6-16(7-5-14)29(2)21(31)11-30-23(32)19(36-24(30)35)10-15-8-17(25)22(18(9-15)33-3)34-12-20-26-13-27-28-20/h4-10,13H,11-12H2,1-3H3,(H,26,27,28)/b19-10-. The van der Waals surface area contributed by atoms with Crippen LogP contribution in [0.1, 0.15) is 17.0 Å². The van der Waals surface area contributed by atoms with Gasteiger partial charge in [-0.25, -0.2) is 9.37 Å². The van der Waals surface area contributed by atoms with Gasteiger partial charge in [0.1, 0.15) is 23.8 Å². The monoisotopic (exact) mass is 527 g/mol. The molecule has 0 unspecified atom stereocenters. The molecule has 0 bridgehead atoms. The van der Waals surface area contributed by atoms with Crippen LogP contribution in [0.2, 0.25) is 0 Å². The second kappa shape index (κ2) is 10.9. The molecule has 0 atom stereocenters. The predicted octanol–water partition coefficient (Wildman–Crippen LogP) is 3.70. The SMILES string of the molecule is COc1cc(/C=C2\SC(=S)N(CC(=O)N(C)c3ccc(C)cc3)C2=O)cc(F)c1OCc1ncn[nH]1. The molecule has 12 heteroatoms. The molecule has 4 rings (SSSR count). The van der Waals surface area contributed by atoms with Gasteiger partial charge in [-0.3, -0.25) is 19.6 Å². The molecule has 0 saturated carbocycles. The number of benzene rings is 2. The van der Waals surface area contributed by atoms with Crippen LogP contribution in [-0.4, -0.2) is 56.9 Å². The summed E-state index contributed by atoms with van der Waals surface area (Å²) in [6, 6.07) is 10.2. The normalized spacial score (nSPS) is 14.4. The van der Waals surface area contributed by atoms with Crippen molar-refractivity contribution in [1.29, 1.82) is 0 Å². The second-order valence-corrected chi connectivity index (χ2v) is 9.49. The number of likely N-dealkylation sites (N-methyl/N-ethyl adjacent to an activating group) is 1. The van der Waals surface area contributed by atoms with Crippen LogP contribution in [0.15, 0.2) is 47.6 Å². The Labute approximate surface area is 216 Å². The first-order chi connectivity index (χ1) is 17.3. The fraction of sp³-hybridized carbons (Fsp3) is 0.208. The van der Waals surface area contributed by atoms with Gasteiger partial charge in [0.15, 0.2) is 23.1 Å². The molecule has 1 aliphatic rings. The van der Waals surface area contributed by atoms with Gasteiger partial charge in [0.05, 0.1) is 12.0 Å². The lowest BCUT2D eigenvalue weighted by molar-refractivity contribution is -0.127. The Morgan fingerprint density at radius 3 is 2.72 bits per heavy atom. The van der Waals surface area contributed by atoms with E-state index in [0.29, 0.717) is 17.1 Å². The minimum absolute atomic E-state index is 0.0314. The fourth-order valence-electron chi connectivity index (χ4n) is 3.35. The third kappa shape index (κ3) is 5.55. The van der Waals surface area contributed by atoms with Gasteiger partial charge in [-0.2, -0.15) is 5.10 Å². The number of carbonyl (C=O) groups excluding carboxylic acids is 2. The summed E-state index contributed by atoms with van der Waals surface area (Å²) in [6.45, 7) is 1.72. The number of aromatic nitrogens is 3. The third-order valence-electron chi connectivity index (χ3n) is 5.33. The van der Waals surface area contributed by atoms with E-state index in [9.17, 15) is 14.0 Å². The number of ether oxygens (including phenoxy) is 2. The van der Waals surface area contributed by atoms with Crippen LogP contribution in [0.25, 0.3) is 6.08 Å². The van der Waals surface area contributed by atoms with E-state index < -0.39 is 11.7 Å². The molecule has 1 N–H and O–H groups in total. The van der Waals surface area contributed by atoms with Crippen LogP contribution in [-0.2, 0) is 16.2 Å². The minimum Gasteiger partial charge on any atom is -0.493 e. The Balaban J connectivity index is 1.48. The summed E-state index contributed by atoms with van der Waals surface area (Å²) in [7, 11) is 3.02. The Bertz CT molecular complexity index is 1330. The van der Waals surface area contributed by atoms with Gasteiger partial charge in [0, 0.05) is 12.7 Å². The maximum Gasteiger partial charge on any atom is 0.266 e. The lowest BCUT2D eigenvalue weighted by atomic mass is 10.1. The summed E-state index contributed by atoms with van der Waals surface area (Å²) in [5, 5.41) is 6.34. The molecular weight excluding hydrogens is 505 g/mol. The summed E-state index contributed by atoms with van der Waals surface area (Å²) >= 11 is 6.39. The summed E-state index contributed by atoms with van der Waals surface area (Å²) in [5.41, 5.74) is 2.16. The van der Waals surface area contributed by atoms with Gasteiger partial charge >= 0.3 is 0 Å². The van der Waals surface area contributed by atoms with Crippen LogP contribution in [0.3, 0.4) is 0 Å². The quantitative estimate of drug-likeness (QED) is 0.350. The van der Waals surface area contributed by atoms with Crippen LogP contribution in [0.4, 0.5) is 10.1 Å². The van der Waals surface area contributed by atoms with Gasteiger partial charge in [-0.1, -0.05) is 41.7 Å². The predicted molar refractivity (Wildman–Crippen MR) is 138 cm³/mol. The lowest BCUT2D eigenvalue weighted by Crippen LogP contribution is -2.40. The molecule has 1 aromatic heterocycles. The molecule has 1 aliphatic heterocycles. The van der Waals surface area contributed by atoms with Gasteiger partial charge < -0.3 is 14.4 Å². The molecule has 2 aromatic carbocycles. The molecule has 1 saturated heterocycles. The fourth-order valence-corrected chi connectivity index (χ4v) is 4.60. The second-order valence-electron chi connectivity index (χ2n) is 7.81. The van der Waals surface area contributed by atoms with Gasteiger partial charge in [-0.15, -0.1) is 0 Å². The number of aromatic amines is 1. The molecule has 9 nitrogen and oxygen atoms in total. The van der Waals surface area contributed by atoms with Crippen molar-refractivity contribution in [3.05, 3.63) is 70.4 Å². The van der Waals surface area contributed by atoms with Crippen molar-refractivity contribution in [2.45, 2.75) is 13.5 Å². The average Bonchev–Trinajstić information content (AvgIpc) is 3.47. The maximum absolute atomic E-state index is 14.8. The molecular formula is C24H22FN5O4S2. The average molecular weight is 528 g/mol. The first kappa shape index (κ1) is 25.3. The molecule has 186 valence electrons. The smallest absolute Gasteiger partial charge is 0.266 e. The van der Waals surface area contributed by atoms with Gasteiger partial charge in [0.2, 0.25) is 5.91 Å². The van der Waals surface area contributed by atoms with E-state index in [2.05, 4.69) is 15.2 Å². The van der Waals surface area contributed by atoms with Gasteiger partial charge in [0.25, 0.3) is 5.91 Å². The zero-order valence-electron chi connectivity index (χ0n) is 19.6. The van der Waals surface area contributed by atoms with Crippen LogP contribution in [0.5, 0.6) is 11.5 Å². The van der Waals surface area contributed by atoms with Crippen LogP contribution in [0, 0.1) is 12.7 Å². The number of methoxy groups -OCH3 is 1. The van der Waals surface area contributed by atoms with Crippen LogP contribution < -0.4 is 14.4 Å². The van der Waals surface area contributed by atoms with E-state index in [1.54, 1.807) is 13.1 Å². The minimum atomic E-state index is -0.675. The first-order valence-electron chi connectivity index (χ1n) is 10.7. The van der Waals surface area contributed by atoms with E-state index in [4.69, 9.17) is 21.7 Å². The number of hydrogen-bond acceptors (Lipinski definition) is 8. The maximum atomic E-state index is 14.8. The van der Waals surface area contributed by atoms with Crippen LogP contribution >= 0.6 is 24.0 Å². The van der Waals surface area contributed by atoms with Crippen molar-refractivity contribution in [1.82, 2.24) is 20.1 Å². The van der Waals surface area contributed by atoms with Crippen molar-refractivity contribution in [2.75, 3.05) is 25.6 Å². The number of thioether (sulfide) groups is 1. The summed E-state index contributed by atoms with van der Waals surface area (Å²) in [4.78, 5) is 32.7. The number of anilines is 1. The number of aryl methyl sites for hydroxylation is 1. The number of carbonyl (C=O) groups is 2. The molecule has 0 aliphatic carbocycles. The Morgan fingerprint density at radius 2 is 2.06 bits per heavy atom. The highest BCUT2D eigenvalue weighted by molar-refractivity contribution is 8.26. The molecule has 36 heavy (non-hydrogen) atoms.